The summed E-state index contributed by atoms with van der Waals surface area (Å²) in [7, 11) is -3.82. The number of nitrogens with one attached hydrogen (secondary N) is 1. The number of aryl methyl sites for hydroxylation is 2. The highest BCUT2D eigenvalue weighted by atomic mass is 32.2. The molecule has 0 unspecified atom stereocenters. The van der Waals surface area contributed by atoms with Gasteiger partial charge in [0.2, 0.25) is 10.0 Å². The molecule has 184 valence electrons. The Balaban J connectivity index is 1.42. The summed E-state index contributed by atoms with van der Waals surface area (Å²) in [6.07, 6.45) is 3.69. The van der Waals surface area contributed by atoms with Crippen molar-refractivity contribution in [3.05, 3.63) is 46.8 Å². The molecule has 3 heterocycles. The van der Waals surface area contributed by atoms with Gasteiger partial charge in [0, 0.05) is 31.9 Å². The number of ether oxygens (including phenoxy) is 2. The molecule has 0 bridgehead atoms. The summed E-state index contributed by atoms with van der Waals surface area (Å²) in [5, 5.41) is 12.9. The summed E-state index contributed by atoms with van der Waals surface area (Å²) >= 11 is 0. The molecule has 1 fully saturated rings. The van der Waals surface area contributed by atoms with Crippen LogP contribution in [-0.4, -0.2) is 56.4 Å². The summed E-state index contributed by atoms with van der Waals surface area (Å²) in [6.45, 7) is 4.74. The van der Waals surface area contributed by atoms with Crippen molar-refractivity contribution in [3.8, 4) is 0 Å². The predicted octanol–water partition coefficient (Wildman–Crippen LogP) is 1.42. The van der Waals surface area contributed by atoms with E-state index in [0.29, 0.717) is 44.8 Å². The zero-order valence-electron chi connectivity index (χ0n) is 19.2. The Labute approximate surface area is 198 Å². The molecule has 34 heavy (non-hydrogen) atoms. The Kier molecular flexibility index (Phi) is 7.06. The quantitative estimate of drug-likeness (QED) is 0.441. The second-order valence-corrected chi connectivity index (χ2v) is 10.4. The van der Waals surface area contributed by atoms with E-state index in [1.165, 1.54) is 24.3 Å². The minimum Gasteiger partial charge on any atom is -0.462 e. The van der Waals surface area contributed by atoms with Gasteiger partial charge in [0.1, 0.15) is 5.69 Å². The number of sulfonamides is 1. The molecule has 4 rings (SSSR count). The molecule has 1 spiro atoms. The summed E-state index contributed by atoms with van der Waals surface area (Å²) in [5.74, 6) is -0.632. The Hall–Kier alpha value is -2.76. The van der Waals surface area contributed by atoms with Crippen molar-refractivity contribution in [1.82, 2.24) is 15.1 Å². The lowest BCUT2D eigenvalue weighted by Gasteiger charge is -2.36. The fourth-order valence-electron chi connectivity index (χ4n) is 4.63. The molecule has 1 saturated heterocycles. The van der Waals surface area contributed by atoms with Crippen LogP contribution in [0.3, 0.4) is 0 Å². The Morgan fingerprint density at radius 1 is 1.26 bits per heavy atom. The lowest BCUT2D eigenvalue weighted by molar-refractivity contribution is 0.0160. The number of carbonyl (C=O) groups is 2. The Morgan fingerprint density at radius 3 is 2.62 bits per heavy atom. The van der Waals surface area contributed by atoms with Crippen LogP contribution in [0.1, 0.15) is 58.3 Å². The van der Waals surface area contributed by atoms with E-state index in [0.717, 1.165) is 30.5 Å². The number of fused-ring (bicyclic) bond motifs is 1. The maximum atomic E-state index is 12.9. The fourth-order valence-corrected chi connectivity index (χ4v) is 5.15. The number of carbonyl (C=O) groups excluding carboxylic acids is 2. The number of benzene rings is 1. The molecule has 0 aliphatic carbocycles. The van der Waals surface area contributed by atoms with Crippen molar-refractivity contribution < 1.29 is 27.5 Å². The van der Waals surface area contributed by atoms with Gasteiger partial charge in [-0.25, -0.2) is 18.4 Å². The molecule has 1 aromatic heterocycles. The van der Waals surface area contributed by atoms with Gasteiger partial charge >= 0.3 is 5.97 Å². The topological polar surface area (TPSA) is 143 Å². The van der Waals surface area contributed by atoms with Crippen molar-refractivity contribution >= 4 is 21.9 Å². The molecule has 0 radical (unpaired) electrons. The highest BCUT2D eigenvalue weighted by Crippen LogP contribution is 2.37. The molecule has 0 saturated carbocycles. The van der Waals surface area contributed by atoms with Gasteiger partial charge in [-0.05, 0) is 68.7 Å². The van der Waals surface area contributed by atoms with Crippen LogP contribution in [0.25, 0.3) is 0 Å². The molecular weight excluding hydrogens is 460 g/mol. The van der Waals surface area contributed by atoms with Crippen LogP contribution < -0.4 is 10.5 Å². The van der Waals surface area contributed by atoms with Gasteiger partial charge in [0.15, 0.2) is 0 Å². The van der Waals surface area contributed by atoms with Crippen LogP contribution in [0.4, 0.5) is 0 Å². The maximum Gasteiger partial charge on any atom is 0.338 e. The average Bonchev–Trinajstić information content (AvgIpc) is 3.10. The second-order valence-electron chi connectivity index (χ2n) is 8.87. The van der Waals surface area contributed by atoms with E-state index in [4.69, 9.17) is 19.7 Å². The first-order valence-corrected chi connectivity index (χ1v) is 13.0. The van der Waals surface area contributed by atoms with Crippen LogP contribution in [0.15, 0.2) is 29.2 Å². The molecule has 2 aliphatic heterocycles. The van der Waals surface area contributed by atoms with Crippen molar-refractivity contribution in [1.29, 1.82) is 0 Å². The molecule has 0 atom stereocenters. The molecular formula is C23H30N4O6S. The molecule has 3 N–H and O–H groups in total. The number of hydrogen-bond donors (Lipinski definition) is 2. The van der Waals surface area contributed by atoms with E-state index in [1.807, 2.05) is 6.92 Å². The number of amides is 1. The number of aromatic nitrogens is 2. The average molecular weight is 491 g/mol. The van der Waals surface area contributed by atoms with Crippen LogP contribution in [-0.2, 0) is 38.9 Å². The third-order valence-corrected chi connectivity index (χ3v) is 7.52. The van der Waals surface area contributed by atoms with E-state index >= 15 is 0 Å². The Bertz CT molecular complexity index is 1170. The third-order valence-electron chi connectivity index (χ3n) is 6.59. The van der Waals surface area contributed by atoms with Gasteiger partial charge in [0.25, 0.3) is 5.91 Å². The number of nitrogens with two attached hydrogens (primary N) is 1. The van der Waals surface area contributed by atoms with E-state index < -0.39 is 16.0 Å². The van der Waals surface area contributed by atoms with Crippen molar-refractivity contribution in [2.45, 2.75) is 50.5 Å². The summed E-state index contributed by atoms with van der Waals surface area (Å²) in [5.41, 5.74) is 2.71. The number of primary sulfonamides is 1. The van der Waals surface area contributed by atoms with E-state index in [-0.39, 0.29) is 28.4 Å². The fraction of sp³-hybridized carbons (Fsp3) is 0.522. The van der Waals surface area contributed by atoms with Gasteiger partial charge in [-0.3, -0.25) is 9.48 Å². The highest BCUT2D eigenvalue weighted by molar-refractivity contribution is 7.89. The standard InChI is InChI=1S/C23H30N4O6S/c1-2-27-20-18(14-23(15-25-21(20)28)9-12-32-13-10-23)19(26-27)4-3-11-33-22(29)16-5-7-17(8-6-16)34(24,30)31/h5-8H,2-4,9-15H2,1H3,(H,25,28)(H2,24,30,31). The van der Waals surface area contributed by atoms with Gasteiger partial charge < -0.3 is 14.8 Å². The van der Waals surface area contributed by atoms with Gasteiger partial charge in [-0.2, -0.15) is 5.10 Å². The third kappa shape index (κ3) is 5.16. The molecule has 10 nitrogen and oxygen atoms in total. The SMILES string of the molecule is CCn1nc(CCCOC(=O)c2ccc(S(N)(=O)=O)cc2)c2c1C(=O)NCC1(CCOCC1)C2. The molecule has 1 aromatic carbocycles. The van der Waals surface area contributed by atoms with E-state index in [9.17, 15) is 18.0 Å². The molecule has 1 amide bonds. The molecule has 11 heteroatoms. The van der Waals surface area contributed by atoms with Crippen LogP contribution in [0.5, 0.6) is 0 Å². The summed E-state index contributed by atoms with van der Waals surface area (Å²) in [4.78, 5) is 25.1. The van der Waals surface area contributed by atoms with E-state index in [1.54, 1.807) is 4.68 Å². The zero-order valence-corrected chi connectivity index (χ0v) is 20.0. The second kappa shape index (κ2) is 9.85. The maximum absolute atomic E-state index is 12.9. The van der Waals surface area contributed by atoms with Crippen molar-refractivity contribution in [2.24, 2.45) is 10.6 Å². The monoisotopic (exact) mass is 490 g/mol. The van der Waals surface area contributed by atoms with Crippen molar-refractivity contribution in [3.63, 3.8) is 0 Å². The summed E-state index contributed by atoms with van der Waals surface area (Å²) < 4.78 is 35.4. The largest absolute Gasteiger partial charge is 0.462 e. The van der Waals surface area contributed by atoms with Gasteiger partial charge in [0.05, 0.1) is 22.8 Å². The van der Waals surface area contributed by atoms with Gasteiger partial charge in [-0.1, -0.05) is 0 Å². The first-order valence-electron chi connectivity index (χ1n) is 11.5. The van der Waals surface area contributed by atoms with Crippen molar-refractivity contribution in [2.75, 3.05) is 26.4 Å². The highest BCUT2D eigenvalue weighted by Gasteiger charge is 2.39. The molecule has 2 aliphatic rings. The Morgan fingerprint density at radius 2 is 1.97 bits per heavy atom. The number of rotatable bonds is 7. The van der Waals surface area contributed by atoms with Crippen LogP contribution in [0.2, 0.25) is 0 Å². The minimum absolute atomic E-state index is 0.0227. The summed E-state index contributed by atoms with van der Waals surface area (Å²) in [6, 6.07) is 5.29. The first-order chi connectivity index (χ1) is 16.2. The van der Waals surface area contributed by atoms with E-state index in [2.05, 4.69) is 5.32 Å². The lowest BCUT2D eigenvalue weighted by atomic mass is 9.75. The van der Waals surface area contributed by atoms with Crippen LogP contribution in [0, 0.1) is 5.41 Å². The predicted molar refractivity (Wildman–Crippen MR) is 123 cm³/mol. The number of esters is 1. The number of nitrogens with zero attached hydrogens (tertiary/aromatic N) is 2. The van der Waals surface area contributed by atoms with Gasteiger partial charge in [-0.15, -0.1) is 0 Å². The lowest BCUT2D eigenvalue weighted by Crippen LogP contribution is -2.40. The normalized spacial score (nSPS) is 17.6. The zero-order chi connectivity index (χ0) is 24.3. The van der Waals surface area contributed by atoms with Crippen LogP contribution >= 0.6 is 0 Å². The smallest absolute Gasteiger partial charge is 0.338 e. The first kappa shape index (κ1) is 24.4. The molecule has 2 aromatic rings. The minimum atomic E-state index is -3.82. The number of hydrogen-bond acceptors (Lipinski definition) is 7.